The normalized spacial score (nSPS) is 19.0. The quantitative estimate of drug-likeness (QED) is 0.807. The molecule has 0 saturated heterocycles. The molecular formula is C19H28N2O2S. The maximum absolute atomic E-state index is 5.72. The molecule has 1 heterocycles. The summed E-state index contributed by atoms with van der Waals surface area (Å²) in [5.74, 6) is 2.08. The van der Waals surface area contributed by atoms with E-state index in [-0.39, 0.29) is 6.04 Å². The van der Waals surface area contributed by atoms with E-state index >= 15 is 0 Å². The molecule has 2 aliphatic rings. The molecule has 1 aliphatic heterocycles. The molecule has 3 rings (SSSR count). The minimum absolute atomic E-state index is 0.157. The number of hydrogen-bond acceptors (Lipinski definition) is 3. The first-order chi connectivity index (χ1) is 11.6. The van der Waals surface area contributed by atoms with Crippen molar-refractivity contribution in [3.05, 3.63) is 23.8 Å². The van der Waals surface area contributed by atoms with Crippen molar-refractivity contribution < 1.29 is 9.47 Å². The van der Waals surface area contributed by atoms with Crippen molar-refractivity contribution >= 4 is 17.3 Å². The smallest absolute Gasteiger partial charge is 0.167 e. The van der Waals surface area contributed by atoms with Crippen molar-refractivity contribution in [1.29, 1.82) is 0 Å². The van der Waals surface area contributed by atoms with Gasteiger partial charge < -0.3 is 20.1 Å². The average molecular weight is 349 g/mol. The third-order valence-electron chi connectivity index (χ3n) is 4.82. The Hall–Kier alpha value is -1.49. The molecule has 0 radical (unpaired) electrons. The Bertz CT molecular complexity index is 570. The zero-order valence-corrected chi connectivity index (χ0v) is 15.5. The van der Waals surface area contributed by atoms with Crippen LogP contribution in [-0.4, -0.2) is 24.4 Å². The molecule has 24 heavy (non-hydrogen) atoms. The van der Waals surface area contributed by atoms with Gasteiger partial charge in [0.05, 0.1) is 6.04 Å². The van der Waals surface area contributed by atoms with Crippen molar-refractivity contribution in [2.24, 2.45) is 5.92 Å². The van der Waals surface area contributed by atoms with Crippen LogP contribution in [0.3, 0.4) is 0 Å². The van der Waals surface area contributed by atoms with Gasteiger partial charge in [0.15, 0.2) is 16.6 Å². The molecule has 0 amide bonds. The van der Waals surface area contributed by atoms with Crippen molar-refractivity contribution in [1.82, 2.24) is 10.6 Å². The molecular weight excluding hydrogens is 320 g/mol. The lowest BCUT2D eigenvalue weighted by atomic mass is 9.95. The number of ether oxygens (including phenoxy) is 2. The molecule has 0 bridgehead atoms. The van der Waals surface area contributed by atoms with Gasteiger partial charge in [-0.05, 0) is 48.7 Å². The first-order valence-electron chi connectivity index (χ1n) is 9.10. The predicted molar refractivity (Wildman–Crippen MR) is 101 cm³/mol. The van der Waals surface area contributed by atoms with E-state index in [9.17, 15) is 0 Å². The number of thiocarbonyl (C=S) groups is 1. The molecule has 1 aliphatic carbocycles. The van der Waals surface area contributed by atoms with Gasteiger partial charge in [-0.25, -0.2) is 0 Å². The Labute approximate surface area is 150 Å². The van der Waals surface area contributed by atoms with Crippen molar-refractivity contribution in [3.63, 3.8) is 0 Å². The number of benzene rings is 1. The van der Waals surface area contributed by atoms with Gasteiger partial charge in [0.1, 0.15) is 13.2 Å². The van der Waals surface area contributed by atoms with Gasteiger partial charge in [0, 0.05) is 6.04 Å². The first kappa shape index (κ1) is 17.3. The fourth-order valence-electron chi connectivity index (χ4n) is 3.50. The highest BCUT2D eigenvalue weighted by Gasteiger charge is 2.21. The molecule has 0 aromatic heterocycles. The summed E-state index contributed by atoms with van der Waals surface area (Å²) in [6.07, 6.45) is 6.40. The Balaban J connectivity index is 1.66. The lowest BCUT2D eigenvalue weighted by Gasteiger charge is -2.29. The van der Waals surface area contributed by atoms with E-state index in [1.54, 1.807) is 0 Å². The fourth-order valence-corrected chi connectivity index (χ4v) is 3.80. The largest absolute Gasteiger partial charge is 0.486 e. The average Bonchev–Trinajstić information content (AvgIpc) is 2.60. The second-order valence-corrected chi connectivity index (χ2v) is 7.49. The summed E-state index contributed by atoms with van der Waals surface area (Å²) in [6.45, 7) is 5.64. The van der Waals surface area contributed by atoms with Crippen LogP contribution in [0.4, 0.5) is 0 Å². The fraction of sp³-hybridized carbons (Fsp3) is 0.632. The molecule has 132 valence electrons. The molecule has 0 unspecified atom stereocenters. The zero-order valence-electron chi connectivity index (χ0n) is 14.6. The van der Waals surface area contributed by atoms with Crippen LogP contribution in [-0.2, 0) is 0 Å². The van der Waals surface area contributed by atoms with E-state index in [0.717, 1.165) is 16.6 Å². The van der Waals surface area contributed by atoms with E-state index in [0.29, 0.717) is 25.2 Å². The summed E-state index contributed by atoms with van der Waals surface area (Å²) >= 11 is 5.57. The maximum atomic E-state index is 5.72. The number of hydrogen-bond donors (Lipinski definition) is 2. The van der Waals surface area contributed by atoms with Crippen LogP contribution >= 0.6 is 12.2 Å². The SMILES string of the molecule is CC(C)[C@@H](NC(=S)NC1CCCCC1)c1ccc2c(c1)OCCO2. The Kier molecular flexibility index (Phi) is 5.82. The number of fused-ring (bicyclic) bond motifs is 1. The zero-order chi connectivity index (χ0) is 16.9. The summed E-state index contributed by atoms with van der Waals surface area (Å²) < 4.78 is 11.3. The molecule has 5 heteroatoms. The maximum Gasteiger partial charge on any atom is 0.167 e. The summed E-state index contributed by atoms with van der Waals surface area (Å²) in [5, 5.41) is 7.77. The van der Waals surface area contributed by atoms with Crippen LogP contribution in [0.2, 0.25) is 0 Å². The number of nitrogens with one attached hydrogen (secondary N) is 2. The highest BCUT2D eigenvalue weighted by molar-refractivity contribution is 7.80. The molecule has 0 spiro atoms. The second kappa shape index (κ2) is 8.06. The first-order valence-corrected chi connectivity index (χ1v) is 9.51. The van der Waals surface area contributed by atoms with Crippen LogP contribution in [0.15, 0.2) is 18.2 Å². The molecule has 1 atom stereocenters. The molecule has 1 aromatic rings. The van der Waals surface area contributed by atoms with E-state index in [2.05, 4.69) is 36.6 Å². The predicted octanol–water partition coefficient (Wildman–Crippen LogP) is 3.95. The van der Waals surface area contributed by atoms with E-state index in [1.807, 2.05) is 6.07 Å². The van der Waals surface area contributed by atoms with E-state index in [1.165, 1.54) is 37.7 Å². The van der Waals surface area contributed by atoms with Gasteiger partial charge in [-0.2, -0.15) is 0 Å². The summed E-state index contributed by atoms with van der Waals surface area (Å²) in [5.41, 5.74) is 1.18. The summed E-state index contributed by atoms with van der Waals surface area (Å²) in [4.78, 5) is 0. The highest BCUT2D eigenvalue weighted by atomic mass is 32.1. The van der Waals surface area contributed by atoms with Crippen LogP contribution in [0.5, 0.6) is 11.5 Å². The molecule has 2 N–H and O–H groups in total. The summed E-state index contributed by atoms with van der Waals surface area (Å²) in [6, 6.07) is 6.86. The monoisotopic (exact) mass is 348 g/mol. The van der Waals surface area contributed by atoms with Crippen molar-refractivity contribution in [2.75, 3.05) is 13.2 Å². The van der Waals surface area contributed by atoms with Crippen molar-refractivity contribution in [3.8, 4) is 11.5 Å². The van der Waals surface area contributed by atoms with E-state index in [4.69, 9.17) is 21.7 Å². The molecule has 1 fully saturated rings. The molecule has 4 nitrogen and oxygen atoms in total. The second-order valence-electron chi connectivity index (χ2n) is 7.08. The molecule has 1 aromatic carbocycles. The van der Waals surface area contributed by atoms with Gasteiger partial charge >= 0.3 is 0 Å². The van der Waals surface area contributed by atoms with E-state index < -0.39 is 0 Å². The van der Waals surface area contributed by atoms with Crippen LogP contribution in [0, 0.1) is 5.92 Å². The third-order valence-corrected chi connectivity index (χ3v) is 5.05. The lowest BCUT2D eigenvalue weighted by Crippen LogP contribution is -2.45. The standard InChI is InChI=1S/C19H28N2O2S/c1-13(2)18(21-19(24)20-15-6-4-3-5-7-15)14-8-9-16-17(12-14)23-11-10-22-16/h8-9,12-13,15,18H,3-7,10-11H2,1-2H3,(H2,20,21,24)/t18-/m1/s1. The minimum Gasteiger partial charge on any atom is -0.486 e. The van der Waals surface area contributed by atoms with Gasteiger partial charge in [0.25, 0.3) is 0 Å². The van der Waals surface area contributed by atoms with Crippen LogP contribution < -0.4 is 20.1 Å². The lowest BCUT2D eigenvalue weighted by molar-refractivity contribution is 0.171. The van der Waals surface area contributed by atoms with Gasteiger partial charge in [-0.3, -0.25) is 0 Å². The van der Waals surface area contributed by atoms with Crippen LogP contribution in [0.1, 0.15) is 57.6 Å². The number of rotatable bonds is 4. The summed E-state index contributed by atoms with van der Waals surface area (Å²) in [7, 11) is 0. The van der Waals surface area contributed by atoms with Gasteiger partial charge in [-0.1, -0.05) is 39.2 Å². The highest BCUT2D eigenvalue weighted by Crippen LogP contribution is 2.34. The van der Waals surface area contributed by atoms with Crippen LogP contribution in [0.25, 0.3) is 0 Å². The molecule has 1 saturated carbocycles. The van der Waals surface area contributed by atoms with Crippen molar-refractivity contribution in [2.45, 2.75) is 58.0 Å². The topological polar surface area (TPSA) is 42.5 Å². The van der Waals surface area contributed by atoms with Gasteiger partial charge in [0.2, 0.25) is 0 Å². The van der Waals surface area contributed by atoms with Gasteiger partial charge in [-0.15, -0.1) is 0 Å². The minimum atomic E-state index is 0.157. The Morgan fingerprint density at radius 1 is 1.08 bits per heavy atom. The third kappa shape index (κ3) is 4.32. The Morgan fingerprint density at radius 2 is 1.79 bits per heavy atom. The Morgan fingerprint density at radius 3 is 2.50 bits per heavy atom.